The highest BCUT2D eigenvalue weighted by Crippen LogP contribution is 2.43. The van der Waals surface area contributed by atoms with Crippen molar-refractivity contribution in [2.75, 3.05) is 0 Å². The first-order valence-electron chi connectivity index (χ1n) is 19.9. The molecule has 58 heavy (non-hydrogen) atoms. The van der Waals surface area contributed by atoms with Gasteiger partial charge in [-0.15, -0.1) is 0 Å². The van der Waals surface area contributed by atoms with E-state index in [0.29, 0.717) is 17.5 Å². The molecule has 0 aliphatic heterocycles. The molecule has 1 aliphatic rings. The van der Waals surface area contributed by atoms with Gasteiger partial charge in [0.2, 0.25) is 0 Å². The highest BCUT2D eigenvalue weighted by molar-refractivity contribution is 6.10. The zero-order chi connectivity index (χ0) is 38.7. The van der Waals surface area contributed by atoms with Crippen LogP contribution in [-0.4, -0.2) is 19.5 Å². The molecule has 0 unspecified atom stereocenters. The molecule has 0 radical (unpaired) electrons. The van der Waals surface area contributed by atoms with Crippen molar-refractivity contribution in [2.24, 2.45) is 0 Å². The van der Waals surface area contributed by atoms with Gasteiger partial charge in [-0.05, 0) is 106 Å². The van der Waals surface area contributed by atoms with Crippen molar-refractivity contribution in [3.05, 3.63) is 204 Å². The van der Waals surface area contributed by atoms with Crippen LogP contribution in [0, 0.1) is 13.8 Å². The first-order valence-corrected chi connectivity index (χ1v) is 19.9. The average Bonchev–Trinajstić information content (AvgIpc) is 3.83. The molecule has 0 fully saturated rings. The Morgan fingerprint density at radius 3 is 1.90 bits per heavy atom. The summed E-state index contributed by atoms with van der Waals surface area (Å²) in [5.74, 6) is 1.92. The van der Waals surface area contributed by atoms with Crippen LogP contribution in [0.3, 0.4) is 0 Å². The minimum absolute atomic E-state index is 0.630. The Morgan fingerprint density at radius 1 is 0.397 bits per heavy atom. The van der Waals surface area contributed by atoms with Gasteiger partial charge in [0.25, 0.3) is 0 Å². The molecular formula is C54H38N4. The number of benzene rings is 8. The van der Waals surface area contributed by atoms with Crippen molar-refractivity contribution in [1.29, 1.82) is 0 Å². The molecular weight excluding hydrogens is 705 g/mol. The van der Waals surface area contributed by atoms with E-state index in [0.717, 1.165) is 45.4 Å². The zero-order valence-corrected chi connectivity index (χ0v) is 32.3. The standard InChI is InChI=1S/C54H38N4/c1-34-15-6-8-22-41(34)51-35(2)16-12-27-46(51)54-56-52(36-17-4-3-5-18-36)55-53(57-54)39-20-13-21-40(31-39)58-49-28-11-10-24-45(49)48-33-38(29-30-50(48)58)43-25-14-26-44-42-23-9-7-19-37(42)32-47(43)44/h3-31,33H,32H2,1-2H3. The van der Waals surface area contributed by atoms with Crippen LogP contribution in [0.1, 0.15) is 22.3 Å². The molecule has 1 aliphatic carbocycles. The Bertz CT molecular complexity index is 3230. The third-order valence-electron chi connectivity index (χ3n) is 11.8. The number of rotatable bonds is 6. The van der Waals surface area contributed by atoms with E-state index in [1.54, 1.807) is 0 Å². The molecule has 0 amide bonds. The molecule has 0 N–H and O–H groups in total. The predicted molar refractivity (Wildman–Crippen MR) is 239 cm³/mol. The Balaban J connectivity index is 1.07. The van der Waals surface area contributed by atoms with E-state index in [2.05, 4.69) is 182 Å². The van der Waals surface area contributed by atoms with Crippen LogP contribution in [0.25, 0.3) is 95.0 Å². The van der Waals surface area contributed by atoms with E-state index >= 15 is 0 Å². The summed E-state index contributed by atoms with van der Waals surface area (Å²) in [6.07, 6.45) is 0.954. The van der Waals surface area contributed by atoms with E-state index in [-0.39, 0.29) is 0 Å². The Kier molecular flexibility index (Phi) is 7.97. The molecule has 0 atom stereocenters. The molecule has 0 saturated heterocycles. The quantitative estimate of drug-likeness (QED) is 0.170. The summed E-state index contributed by atoms with van der Waals surface area (Å²) in [5, 5.41) is 2.45. The summed E-state index contributed by atoms with van der Waals surface area (Å²) in [5.41, 5.74) is 18.9. The number of fused-ring (bicyclic) bond motifs is 6. The summed E-state index contributed by atoms with van der Waals surface area (Å²) in [4.78, 5) is 15.6. The van der Waals surface area contributed by atoms with Gasteiger partial charge in [-0.3, -0.25) is 0 Å². The molecule has 2 aromatic heterocycles. The smallest absolute Gasteiger partial charge is 0.164 e. The summed E-state index contributed by atoms with van der Waals surface area (Å²) in [6, 6.07) is 65.0. The lowest BCUT2D eigenvalue weighted by Gasteiger charge is -2.16. The highest BCUT2D eigenvalue weighted by Gasteiger charge is 2.23. The first-order chi connectivity index (χ1) is 28.6. The second-order valence-corrected chi connectivity index (χ2v) is 15.3. The summed E-state index contributed by atoms with van der Waals surface area (Å²) in [6.45, 7) is 4.32. The highest BCUT2D eigenvalue weighted by atomic mass is 15.0. The minimum Gasteiger partial charge on any atom is -0.309 e. The zero-order valence-electron chi connectivity index (χ0n) is 32.3. The third kappa shape index (κ3) is 5.56. The minimum atomic E-state index is 0.630. The van der Waals surface area contributed by atoms with Crippen molar-refractivity contribution in [2.45, 2.75) is 20.3 Å². The van der Waals surface area contributed by atoms with Gasteiger partial charge in [0.05, 0.1) is 11.0 Å². The van der Waals surface area contributed by atoms with Gasteiger partial charge in [-0.2, -0.15) is 0 Å². The second kappa shape index (κ2) is 13.6. The largest absolute Gasteiger partial charge is 0.309 e. The monoisotopic (exact) mass is 742 g/mol. The molecule has 274 valence electrons. The lowest BCUT2D eigenvalue weighted by molar-refractivity contribution is 1.07. The maximum Gasteiger partial charge on any atom is 0.164 e. The number of aromatic nitrogens is 4. The van der Waals surface area contributed by atoms with Gasteiger partial charge in [0.1, 0.15) is 0 Å². The summed E-state index contributed by atoms with van der Waals surface area (Å²) >= 11 is 0. The number of hydrogen-bond acceptors (Lipinski definition) is 3. The molecule has 2 heterocycles. The molecule has 0 bridgehead atoms. The van der Waals surface area contributed by atoms with Crippen molar-refractivity contribution >= 4 is 21.8 Å². The fourth-order valence-electron chi connectivity index (χ4n) is 9.04. The summed E-state index contributed by atoms with van der Waals surface area (Å²) < 4.78 is 2.38. The summed E-state index contributed by atoms with van der Waals surface area (Å²) in [7, 11) is 0. The molecule has 10 aromatic rings. The molecule has 11 rings (SSSR count). The van der Waals surface area contributed by atoms with E-state index in [9.17, 15) is 0 Å². The van der Waals surface area contributed by atoms with Gasteiger partial charge in [-0.25, -0.2) is 15.0 Å². The first kappa shape index (κ1) is 33.9. The molecule has 8 aromatic carbocycles. The molecule has 0 spiro atoms. The molecule has 0 saturated carbocycles. The van der Waals surface area contributed by atoms with Crippen LogP contribution in [0.2, 0.25) is 0 Å². The maximum atomic E-state index is 5.26. The van der Waals surface area contributed by atoms with Gasteiger partial charge in [-0.1, -0.05) is 152 Å². The topological polar surface area (TPSA) is 43.6 Å². The van der Waals surface area contributed by atoms with Crippen LogP contribution < -0.4 is 0 Å². The van der Waals surface area contributed by atoms with Gasteiger partial charge in [0.15, 0.2) is 17.5 Å². The van der Waals surface area contributed by atoms with Crippen molar-refractivity contribution in [1.82, 2.24) is 19.5 Å². The van der Waals surface area contributed by atoms with E-state index < -0.39 is 0 Å². The van der Waals surface area contributed by atoms with Crippen LogP contribution in [0.4, 0.5) is 0 Å². The molecule has 4 heteroatoms. The van der Waals surface area contributed by atoms with Crippen LogP contribution in [0.5, 0.6) is 0 Å². The van der Waals surface area contributed by atoms with Crippen LogP contribution in [0.15, 0.2) is 182 Å². The number of para-hydroxylation sites is 1. The van der Waals surface area contributed by atoms with Crippen molar-refractivity contribution in [3.8, 4) is 73.2 Å². The Hall–Kier alpha value is -7.43. The van der Waals surface area contributed by atoms with Crippen molar-refractivity contribution < 1.29 is 0 Å². The van der Waals surface area contributed by atoms with Gasteiger partial charge in [0, 0.05) is 33.2 Å². The van der Waals surface area contributed by atoms with Crippen molar-refractivity contribution in [3.63, 3.8) is 0 Å². The Labute approximate surface area is 337 Å². The van der Waals surface area contributed by atoms with Gasteiger partial charge < -0.3 is 4.57 Å². The number of aryl methyl sites for hydroxylation is 2. The van der Waals surface area contributed by atoms with Crippen LogP contribution >= 0.6 is 0 Å². The van der Waals surface area contributed by atoms with E-state index in [1.807, 2.05) is 18.2 Å². The average molecular weight is 743 g/mol. The normalized spacial score (nSPS) is 11.9. The third-order valence-corrected chi connectivity index (χ3v) is 11.8. The lowest BCUT2D eigenvalue weighted by Crippen LogP contribution is -2.02. The maximum absolute atomic E-state index is 5.26. The lowest BCUT2D eigenvalue weighted by atomic mass is 9.92. The number of nitrogens with zero attached hydrogens (tertiary/aromatic N) is 4. The second-order valence-electron chi connectivity index (χ2n) is 15.3. The molecule has 4 nitrogen and oxygen atoms in total. The number of hydrogen-bond donors (Lipinski definition) is 0. The fraction of sp³-hybridized carbons (Fsp3) is 0.0556. The SMILES string of the molecule is Cc1ccccc1-c1c(C)cccc1-c1nc(-c2ccccc2)nc(-c2cccc(-n3c4ccccc4c4cc(-c5cccc6c5Cc5ccccc5-6)ccc43)c2)n1. The van der Waals surface area contributed by atoms with E-state index in [4.69, 9.17) is 15.0 Å². The fourth-order valence-corrected chi connectivity index (χ4v) is 9.04. The Morgan fingerprint density at radius 2 is 1.02 bits per heavy atom. The van der Waals surface area contributed by atoms with Gasteiger partial charge >= 0.3 is 0 Å². The van der Waals surface area contributed by atoms with Crippen LogP contribution in [-0.2, 0) is 6.42 Å². The van der Waals surface area contributed by atoms with E-state index in [1.165, 1.54) is 60.8 Å². The predicted octanol–water partition coefficient (Wildman–Crippen LogP) is 13.5.